The number of benzene rings is 1. The number of carbonyl (C=O) groups excluding carboxylic acids is 1. The number of aromatic amines is 1. The highest BCUT2D eigenvalue weighted by molar-refractivity contribution is 9.09. The first-order valence-electron chi connectivity index (χ1n) is 8.74. The number of imidazole rings is 1. The van der Waals surface area contributed by atoms with Crippen LogP contribution in [0.4, 0.5) is 0 Å². The van der Waals surface area contributed by atoms with Crippen molar-refractivity contribution in [2.24, 2.45) is 5.92 Å². The summed E-state index contributed by atoms with van der Waals surface area (Å²) in [5.74, 6) is 0.870. The first kappa shape index (κ1) is 17.4. The molecule has 26 heavy (non-hydrogen) atoms. The average molecular weight is 418 g/mol. The second-order valence-corrected chi connectivity index (χ2v) is 7.60. The van der Waals surface area contributed by atoms with Gasteiger partial charge in [0.25, 0.3) is 0 Å². The molecule has 1 aromatic carbocycles. The summed E-state index contributed by atoms with van der Waals surface area (Å²) in [6, 6.07) is 6.34. The van der Waals surface area contributed by atoms with E-state index in [1.807, 2.05) is 0 Å². The molecule has 0 aliphatic carbocycles. The minimum atomic E-state index is -0.324. The fourth-order valence-electron chi connectivity index (χ4n) is 3.42. The van der Waals surface area contributed by atoms with Gasteiger partial charge in [0.2, 0.25) is 0 Å². The standard InChI is InChI=1S/C19H20BrN3O3/c1-11(24)26-10-17-22-16-9-21-15-8-13(2-3-14(15)19(16)23-17)18(20)12-4-6-25-7-5-12/h2-3,8-9,12,18H,4-7,10H2,1H3,(H,22,23). The van der Waals surface area contributed by atoms with Crippen LogP contribution in [0.1, 0.15) is 36.0 Å². The Morgan fingerprint density at radius 3 is 3.00 bits per heavy atom. The molecule has 6 nitrogen and oxygen atoms in total. The molecule has 1 aliphatic rings. The number of aromatic nitrogens is 3. The molecule has 3 aromatic rings. The van der Waals surface area contributed by atoms with Gasteiger partial charge in [-0.3, -0.25) is 9.78 Å². The van der Waals surface area contributed by atoms with Crippen LogP contribution in [0.15, 0.2) is 24.4 Å². The van der Waals surface area contributed by atoms with Gasteiger partial charge in [0.05, 0.1) is 22.7 Å². The summed E-state index contributed by atoms with van der Waals surface area (Å²) in [5, 5.41) is 0.989. The molecule has 0 radical (unpaired) electrons. The monoisotopic (exact) mass is 417 g/mol. The topological polar surface area (TPSA) is 77.1 Å². The Balaban J connectivity index is 1.65. The zero-order chi connectivity index (χ0) is 18.1. The van der Waals surface area contributed by atoms with Crippen LogP contribution in [0.25, 0.3) is 21.9 Å². The number of alkyl halides is 1. The number of ether oxygens (including phenoxy) is 2. The molecule has 1 atom stereocenters. The van der Waals surface area contributed by atoms with Crippen molar-refractivity contribution in [3.05, 3.63) is 35.8 Å². The number of carbonyl (C=O) groups is 1. The Labute approximate surface area is 159 Å². The molecule has 7 heteroatoms. The van der Waals surface area contributed by atoms with Crippen molar-refractivity contribution in [2.75, 3.05) is 13.2 Å². The van der Waals surface area contributed by atoms with Gasteiger partial charge in [0.15, 0.2) is 0 Å². The largest absolute Gasteiger partial charge is 0.458 e. The molecule has 0 saturated carbocycles. The summed E-state index contributed by atoms with van der Waals surface area (Å²) in [5.41, 5.74) is 3.83. The first-order chi connectivity index (χ1) is 12.6. The van der Waals surface area contributed by atoms with Crippen molar-refractivity contribution in [1.29, 1.82) is 0 Å². The second-order valence-electron chi connectivity index (χ2n) is 6.61. The lowest BCUT2D eigenvalue weighted by molar-refractivity contribution is -0.142. The summed E-state index contributed by atoms with van der Waals surface area (Å²) in [7, 11) is 0. The first-order valence-corrected chi connectivity index (χ1v) is 9.66. The fraction of sp³-hybridized carbons (Fsp3) is 0.421. The van der Waals surface area contributed by atoms with E-state index in [4.69, 9.17) is 9.47 Å². The van der Waals surface area contributed by atoms with E-state index in [1.54, 1.807) is 6.20 Å². The van der Waals surface area contributed by atoms with Gasteiger partial charge >= 0.3 is 5.97 Å². The molecule has 1 saturated heterocycles. The van der Waals surface area contributed by atoms with Crippen LogP contribution < -0.4 is 0 Å². The van der Waals surface area contributed by atoms with E-state index in [0.717, 1.165) is 48.0 Å². The van der Waals surface area contributed by atoms with Gasteiger partial charge in [0.1, 0.15) is 12.4 Å². The van der Waals surface area contributed by atoms with E-state index in [-0.39, 0.29) is 12.6 Å². The zero-order valence-corrected chi connectivity index (χ0v) is 16.1. The van der Waals surface area contributed by atoms with Gasteiger partial charge in [-0.05, 0) is 30.4 Å². The molecule has 4 rings (SSSR count). The predicted molar refractivity (Wildman–Crippen MR) is 102 cm³/mol. The lowest BCUT2D eigenvalue weighted by atomic mass is 9.92. The third-order valence-electron chi connectivity index (χ3n) is 4.80. The molecular weight excluding hydrogens is 398 g/mol. The number of nitrogens with one attached hydrogen (secondary N) is 1. The van der Waals surface area contributed by atoms with Crippen molar-refractivity contribution < 1.29 is 14.3 Å². The summed E-state index contributed by atoms with van der Waals surface area (Å²) >= 11 is 3.87. The molecule has 1 aliphatic heterocycles. The molecule has 136 valence electrons. The average Bonchev–Trinajstić information content (AvgIpc) is 3.09. The number of nitrogens with zero attached hydrogens (tertiary/aromatic N) is 2. The number of H-pyrrole nitrogens is 1. The maximum absolute atomic E-state index is 11.0. The van der Waals surface area contributed by atoms with E-state index in [1.165, 1.54) is 12.5 Å². The van der Waals surface area contributed by atoms with Gasteiger partial charge in [-0.1, -0.05) is 28.1 Å². The minimum Gasteiger partial charge on any atom is -0.458 e. The van der Waals surface area contributed by atoms with Crippen LogP contribution in [-0.4, -0.2) is 34.1 Å². The van der Waals surface area contributed by atoms with Crippen molar-refractivity contribution in [2.45, 2.75) is 31.2 Å². The lowest BCUT2D eigenvalue weighted by Crippen LogP contribution is -2.19. The van der Waals surface area contributed by atoms with Crippen molar-refractivity contribution >= 4 is 43.8 Å². The smallest absolute Gasteiger partial charge is 0.303 e. The number of fused-ring (bicyclic) bond motifs is 3. The second kappa shape index (κ2) is 7.32. The quantitative estimate of drug-likeness (QED) is 0.511. The lowest BCUT2D eigenvalue weighted by Gasteiger charge is -2.26. The molecule has 0 amide bonds. The number of hydrogen-bond donors (Lipinski definition) is 1. The summed E-state index contributed by atoms with van der Waals surface area (Å²) in [4.78, 5) is 23.6. The van der Waals surface area contributed by atoms with Gasteiger partial charge in [-0.25, -0.2) is 4.98 Å². The molecule has 1 unspecified atom stereocenters. The number of pyridine rings is 1. The molecule has 2 aromatic heterocycles. The molecule has 1 N–H and O–H groups in total. The van der Waals surface area contributed by atoms with Gasteiger partial charge in [-0.2, -0.15) is 0 Å². The highest BCUT2D eigenvalue weighted by Gasteiger charge is 2.23. The number of esters is 1. The van der Waals surface area contributed by atoms with E-state index in [9.17, 15) is 4.79 Å². The summed E-state index contributed by atoms with van der Waals surface area (Å²) in [6.07, 6.45) is 3.92. The van der Waals surface area contributed by atoms with Gasteiger partial charge < -0.3 is 14.5 Å². The molecule has 0 spiro atoms. The van der Waals surface area contributed by atoms with Gasteiger partial charge in [-0.15, -0.1) is 0 Å². The highest BCUT2D eigenvalue weighted by atomic mass is 79.9. The van der Waals surface area contributed by atoms with Crippen LogP contribution in [0, 0.1) is 5.92 Å². The van der Waals surface area contributed by atoms with Crippen LogP contribution in [0.2, 0.25) is 0 Å². The number of hydrogen-bond acceptors (Lipinski definition) is 5. The Morgan fingerprint density at radius 1 is 1.42 bits per heavy atom. The van der Waals surface area contributed by atoms with E-state index >= 15 is 0 Å². The normalized spacial score (nSPS) is 16.8. The summed E-state index contributed by atoms with van der Waals surface area (Å²) in [6.45, 7) is 3.18. The predicted octanol–water partition coefficient (Wildman–Crippen LogP) is 4.04. The molecular formula is C19H20BrN3O3. The van der Waals surface area contributed by atoms with Gasteiger partial charge in [0, 0.05) is 30.4 Å². The van der Waals surface area contributed by atoms with Crippen LogP contribution in [0.5, 0.6) is 0 Å². The number of rotatable bonds is 4. The Kier molecular flexibility index (Phi) is 4.91. The van der Waals surface area contributed by atoms with E-state index in [0.29, 0.717) is 16.6 Å². The number of halogens is 1. The maximum Gasteiger partial charge on any atom is 0.303 e. The third kappa shape index (κ3) is 3.46. The molecule has 1 fully saturated rings. The van der Waals surface area contributed by atoms with E-state index < -0.39 is 0 Å². The third-order valence-corrected chi connectivity index (χ3v) is 6.08. The van der Waals surface area contributed by atoms with Crippen LogP contribution in [-0.2, 0) is 20.9 Å². The Bertz CT molecular complexity index is 950. The summed E-state index contributed by atoms with van der Waals surface area (Å²) < 4.78 is 10.5. The van der Waals surface area contributed by atoms with Crippen molar-refractivity contribution in [3.8, 4) is 0 Å². The van der Waals surface area contributed by atoms with Crippen molar-refractivity contribution in [1.82, 2.24) is 15.0 Å². The zero-order valence-electron chi connectivity index (χ0n) is 14.5. The maximum atomic E-state index is 11.0. The van der Waals surface area contributed by atoms with Crippen molar-refractivity contribution in [3.63, 3.8) is 0 Å². The SMILES string of the molecule is CC(=O)OCc1nc2c(cnc3cc(C(Br)C4CCOCC4)ccc32)[nH]1. The van der Waals surface area contributed by atoms with Crippen LogP contribution >= 0.6 is 15.9 Å². The van der Waals surface area contributed by atoms with Crippen LogP contribution in [0.3, 0.4) is 0 Å². The minimum absolute atomic E-state index is 0.136. The molecule has 3 heterocycles. The van der Waals surface area contributed by atoms with E-state index in [2.05, 4.69) is 49.1 Å². The Morgan fingerprint density at radius 2 is 2.23 bits per heavy atom. The fourth-order valence-corrected chi connectivity index (χ4v) is 4.23. The molecule has 0 bridgehead atoms. The Hall–Kier alpha value is -1.99. The highest BCUT2D eigenvalue weighted by Crippen LogP contribution is 2.38.